The molecule has 156 valence electrons. The monoisotopic (exact) mass is 409 g/mol. The van der Waals surface area contributed by atoms with E-state index in [1.807, 2.05) is 0 Å². The molecule has 4 amide bonds. The van der Waals surface area contributed by atoms with E-state index in [0.717, 1.165) is 0 Å². The van der Waals surface area contributed by atoms with Crippen molar-refractivity contribution < 1.29 is 23.9 Å². The van der Waals surface area contributed by atoms with Gasteiger partial charge in [0.2, 0.25) is 5.91 Å². The second-order valence-electron chi connectivity index (χ2n) is 6.76. The third-order valence-corrected chi connectivity index (χ3v) is 4.74. The smallest absolute Gasteiger partial charge is 0.413 e. The predicted molar refractivity (Wildman–Crippen MR) is 112 cm³/mol. The lowest BCUT2D eigenvalue weighted by Crippen LogP contribution is -2.31. The number of nitrogens with zero attached hydrogens (tertiary/aromatic N) is 2. The van der Waals surface area contributed by atoms with Gasteiger partial charge >= 0.3 is 6.09 Å². The number of nitrogens with one attached hydrogen (secondary N) is 1. The van der Waals surface area contributed by atoms with E-state index in [1.165, 1.54) is 9.80 Å². The highest BCUT2D eigenvalue weighted by atomic mass is 16.6. The predicted octanol–water partition coefficient (Wildman–Crippen LogP) is 3.29. The maximum Gasteiger partial charge on any atom is 0.413 e. The highest BCUT2D eigenvalue weighted by Gasteiger charge is 2.34. The maximum atomic E-state index is 12.3. The number of hydrogen-bond acceptors (Lipinski definition) is 5. The molecule has 0 bridgehead atoms. The Balaban J connectivity index is 1.48. The Kier molecular flexibility index (Phi) is 6.46. The number of anilines is 2. The van der Waals surface area contributed by atoms with Crippen molar-refractivity contribution in [1.82, 2.24) is 4.90 Å². The lowest BCUT2D eigenvalue weighted by atomic mass is 10.1. The Labute approximate surface area is 174 Å². The summed E-state index contributed by atoms with van der Waals surface area (Å²) in [6.45, 7) is 2.21. The molecule has 2 aromatic rings. The van der Waals surface area contributed by atoms with Crippen LogP contribution in [-0.2, 0) is 9.53 Å². The molecule has 0 spiro atoms. The van der Waals surface area contributed by atoms with Crippen LogP contribution in [0.3, 0.4) is 0 Å². The summed E-state index contributed by atoms with van der Waals surface area (Å²) < 4.78 is 4.94. The molecule has 2 aromatic carbocycles. The standard InChI is InChI=1S/C22H23N3O5/c1-3-30-22(29)24(2)16-12-10-15(11-13-16)23-19(26)9-6-14-25-20(27)17-7-4-5-8-18(17)21(25)28/h4-5,7-8,10-13H,3,6,9,14H2,1-2H3,(H,23,26). The fourth-order valence-corrected chi connectivity index (χ4v) is 3.16. The maximum absolute atomic E-state index is 12.3. The lowest BCUT2D eigenvalue weighted by molar-refractivity contribution is -0.116. The minimum absolute atomic E-state index is 0.165. The molecular weight excluding hydrogens is 386 g/mol. The third kappa shape index (κ3) is 4.48. The second kappa shape index (κ2) is 9.21. The Bertz CT molecular complexity index is 936. The molecular formula is C22H23N3O5. The summed E-state index contributed by atoms with van der Waals surface area (Å²) in [5, 5.41) is 2.77. The van der Waals surface area contributed by atoms with Crippen molar-refractivity contribution in [3.63, 3.8) is 0 Å². The molecule has 0 aliphatic carbocycles. The average molecular weight is 409 g/mol. The number of hydrogen-bond donors (Lipinski definition) is 1. The van der Waals surface area contributed by atoms with Gasteiger partial charge in [-0.25, -0.2) is 4.79 Å². The lowest BCUT2D eigenvalue weighted by Gasteiger charge is -2.17. The van der Waals surface area contributed by atoms with Gasteiger partial charge in [-0.05, 0) is 49.7 Å². The first-order valence-electron chi connectivity index (χ1n) is 9.68. The molecule has 0 fully saturated rings. The van der Waals surface area contributed by atoms with E-state index in [4.69, 9.17) is 4.74 Å². The molecule has 1 N–H and O–H groups in total. The molecule has 1 aliphatic heterocycles. The van der Waals surface area contributed by atoms with Crippen LogP contribution in [0, 0.1) is 0 Å². The van der Waals surface area contributed by atoms with E-state index in [2.05, 4.69) is 5.32 Å². The number of amides is 4. The van der Waals surface area contributed by atoms with Crippen LogP contribution in [-0.4, -0.2) is 48.9 Å². The topological polar surface area (TPSA) is 96.0 Å². The molecule has 0 saturated carbocycles. The zero-order valence-electron chi connectivity index (χ0n) is 16.9. The van der Waals surface area contributed by atoms with Crippen molar-refractivity contribution in [2.75, 3.05) is 30.4 Å². The third-order valence-electron chi connectivity index (χ3n) is 4.74. The van der Waals surface area contributed by atoms with Crippen LogP contribution in [0.1, 0.15) is 40.5 Å². The molecule has 0 radical (unpaired) electrons. The molecule has 30 heavy (non-hydrogen) atoms. The molecule has 1 heterocycles. The number of ether oxygens (including phenoxy) is 1. The largest absolute Gasteiger partial charge is 0.449 e. The fraction of sp³-hybridized carbons (Fsp3) is 0.273. The summed E-state index contributed by atoms with van der Waals surface area (Å²) in [4.78, 5) is 51.1. The normalized spacial score (nSPS) is 12.5. The van der Waals surface area contributed by atoms with Gasteiger partial charge in [0.25, 0.3) is 11.8 Å². The number of carbonyl (C=O) groups is 4. The van der Waals surface area contributed by atoms with Gasteiger partial charge in [0, 0.05) is 31.4 Å². The first-order chi connectivity index (χ1) is 14.4. The molecule has 0 unspecified atom stereocenters. The number of rotatable bonds is 7. The van der Waals surface area contributed by atoms with Crippen molar-refractivity contribution in [2.45, 2.75) is 19.8 Å². The van der Waals surface area contributed by atoms with Crippen molar-refractivity contribution in [3.8, 4) is 0 Å². The first kappa shape index (κ1) is 21.0. The van der Waals surface area contributed by atoms with Gasteiger partial charge in [-0.2, -0.15) is 0 Å². The van der Waals surface area contributed by atoms with Crippen LogP contribution in [0.2, 0.25) is 0 Å². The Morgan fingerprint density at radius 1 is 1.00 bits per heavy atom. The summed E-state index contributed by atoms with van der Waals surface area (Å²) in [6.07, 6.45) is 0.0706. The van der Waals surface area contributed by atoms with Crippen molar-refractivity contribution in [2.24, 2.45) is 0 Å². The average Bonchev–Trinajstić information content (AvgIpc) is 2.99. The zero-order valence-corrected chi connectivity index (χ0v) is 16.9. The summed E-state index contributed by atoms with van der Waals surface area (Å²) >= 11 is 0. The van der Waals surface area contributed by atoms with Gasteiger partial charge in [-0.3, -0.25) is 24.2 Å². The molecule has 0 aromatic heterocycles. The minimum atomic E-state index is -0.456. The molecule has 1 aliphatic rings. The molecule has 8 heteroatoms. The highest BCUT2D eigenvalue weighted by molar-refractivity contribution is 6.21. The quantitative estimate of drug-likeness (QED) is 0.708. The number of imide groups is 1. The fourth-order valence-electron chi connectivity index (χ4n) is 3.16. The zero-order chi connectivity index (χ0) is 21.7. The van der Waals surface area contributed by atoms with Gasteiger partial charge in [0.1, 0.15) is 0 Å². The first-order valence-corrected chi connectivity index (χ1v) is 9.68. The van der Waals surface area contributed by atoms with Gasteiger partial charge in [0.05, 0.1) is 17.7 Å². The van der Waals surface area contributed by atoms with Gasteiger partial charge in [-0.15, -0.1) is 0 Å². The van der Waals surface area contributed by atoms with Gasteiger partial charge in [0.15, 0.2) is 0 Å². The van der Waals surface area contributed by atoms with Crippen molar-refractivity contribution in [3.05, 3.63) is 59.7 Å². The number of carbonyl (C=O) groups excluding carboxylic acids is 4. The number of benzene rings is 2. The highest BCUT2D eigenvalue weighted by Crippen LogP contribution is 2.23. The van der Waals surface area contributed by atoms with Crippen molar-refractivity contribution in [1.29, 1.82) is 0 Å². The van der Waals surface area contributed by atoms with E-state index in [-0.39, 0.29) is 37.3 Å². The summed E-state index contributed by atoms with van der Waals surface area (Å²) in [7, 11) is 1.60. The SMILES string of the molecule is CCOC(=O)N(C)c1ccc(NC(=O)CCCN2C(=O)c3ccccc3C2=O)cc1. The Morgan fingerprint density at radius 2 is 1.60 bits per heavy atom. The molecule has 0 saturated heterocycles. The van der Waals surface area contributed by atoms with Crippen LogP contribution in [0.4, 0.5) is 16.2 Å². The Morgan fingerprint density at radius 3 is 2.17 bits per heavy atom. The van der Waals surface area contributed by atoms with Gasteiger partial charge in [-0.1, -0.05) is 12.1 Å². The van der Waals surface area contributed by atoms with E-state index in [1.54, 1.807) is 62.5 Å². The van der Waals surface area contributed by atoms with E-state index < -0.39 is 6.09 Å². The minimum Gasteiger partial charge on any atom is -0.449 e. The summed E-state index contributed by atoms with van der Waals surface area (Å²) in [5.74, 6) is -0.868. The second-order valence-corrected chi connectivity index (χ2v) is 6.76. The molecule has 3 rings (SSSR count). The van der Waals surface area contributed by atoms with Crippen molar-refractivity contribution >= 4 is 35.2 Å². The van der Waals surface area contributed by atoms with Crippen LogP contribution < -0.4 is 10.2 Å². The van der Waals surface area contributed by atoms with E-state index in [9.17, 15) is 19.2 Å². The molecule has 0 atom stereocenters. The van der Waals surface area contributed by atoms with Gasteiger partial charge < -0.3 is 10.1 Å². The molecule has 8 nitrogen and oxygen atoms in total. The van der Waals surface area contributed by atoms with Crippen LogP contribution >= 0.6 is 0 Å². The van der Waals surface area contributed by atoms with Crippen LogP contribution in [0.15, 0.2) is 48.5 Å². The Hall–Kier alpha value is -3.68. The summed E-state index contributed by atoms with van der Waals surface area (Å²) in [6, 6.07) is 13.5. The van der Waals surface area contributed by atoms with E-state index >= 15 is 0 Å². The van der Waals surface area contributed by atoms with Crippen LogP contribution in [0.25, 0.3) is 0 Å². The van der Waals surface area contributed by atoms with E-state index in [0.29, 0.717) is 28.9 Å². The number of fused-ring (bicyclic) bond motifs is 1. The van der Waals surface area contributed by atoms with Crippen LogP contribution in [0.5, 0.6) is 0 Å². The summed E-state index contributed by atoms with van der Waals surface area (Å²) in [5.41, 5.74) is 2.03.